The van der Waals surface area contributed by atoms with Gasteiger partial charge in [0.25, 0.3) is 0 Å². The van der Waals surface area contributed by atoms with E-state index in [1.165, 1.54) is 19.3 Å². The van der Waals surface area contributed by atoms with Crippen LogP contribution >= 0.6 is 24.0 Å². The van der Waals surface area contributed by atoms with Crippen LogP contribution in [-0.2, 0) is 6.54 Å². The highest BCUT2D eigenvalue weighted by atomic mass is 35.5. The predicted molar refractivity (Wildman–Crippen MR) is 99.1 cm³/mol. The molecule has 5 heteroatoms. The summed E-state index contributed by atoms with van der Waals surface area (Å²) >= 11 is 6.17. The molecular weight excluding hydrogens is 345 g/mol. The van der Waals surface area contributed by atoms with Gasteiger partial charge in [0.1, 0.15) is 5.75 Å². The van der Waals surface area contributed by atoms with Crippen molar-refractivity contribution in [2.24, 2.45) is 11.8 Å². The zero-order valence-corrected chi connectivity index (χ0v) is 15.8. The first kappa shape index (κ1) is 18.3. The molecule has 2 unspecified atom stereocenters. The standard InChI is InChI=1S/C19H26ClNO2.ClH/c1-2-23-17-4-3-16(20)6-15(17)11-21-18-7-13-5-14(8-18)10-19(22,9-13)12-18;/h3-4,6,13-14,21-22H,2,5,7-12H2,1H3;1H. The van der Waals surface area contributed by atoms with Gasteiger partial charge in [-0.15, -0.1) is 12.4 Å². The second-order valence-electron chi connectivity index (χ2n) is 8.00. The lowest BCUT2D eigenvalue weighted by molar-refractivity contribution is -0.142. The quantitative estimate of drug-likeness (QED) is 0.808. The van der Waals surface area contributed by atoms with Crippen molar-refractivity contribution in [1.29, 1.82) is 0 Å². The Bertz CT molecular complexity index is 593. The van der Waals surface area contributed by atoms with Gasteiger partial charge in [0.15, 0.2) is 0 Å². The zero-order chi connectivity index (χ0) is 16.1. The van der Waals surface area contributed by atoms with Crippen molar-refractivity contribution in [3.8, 4) is 5.75 Å². The Kier molecular flexibility index (Phi) is 5.10. The monoisotopic (exact) mass is 371 g/mol. The number of rotatable bonds is 5. The number of aliphatic hydroxyl groups is 1. The Labute approximate surface area is 155 Å². The molecule has 2 N–H and O–H groups in total. The fourth-order valence-electron chi connectivity index (χ4n) is 5.69. The van der Waals surface area contributed by atoms with Crippen LogP contribution in [0.25, 0.3) is 0 Å². The van der Waals surface area contributed by atoms with Crippen molar-refractivity contribution in [2.75, 3.05) is 6.61 Å². The second-order valence-corrected chi connectivity index (χ2v) is 8.44. The topological polar surface area (TPSA) is 41.5 Å². The first-order chi connectivity index (χ1) is 11.0. The summed E-state index contributed by atoms with van der Waals surface area (Å²) in [6, 6.07) is 5.83. The van der Waals surface area contributed by atoms with Crippen LogP contribution < -0.4 is 10.1 Å². The van der Waals surface area contributed by atoms with Crippen molar-refractivity contribution in [3.63, 3.8) is 0 Å². The van der Waals surface area contributed by atoms with Gasteiger partial charge in [-0.25, -0.2) is 0 Å². The van der Waals surface area contributed by atoms with Crippen LogP contribution in [0.1, 0.15) is 51.0 Å². The summed E-state index contributed by atoms with van der Waals surface area (Å²) in [6.07, 6.45) is 6.64. The Morgan fingerprint density at radius 3 is 2.58 bits per heavy atom. The lowest BCUT2D eigenvalue weighted by Crippen LogP contribution is -2.64. The number of hydrogen-bond acceptors (Lipinski definition) is 3. The molecule has 2 atom stereocenters. The van der Waals surface area contributed by atoms with E-state index >= 15 is 0 Å². The van der Waals surface area contributed by atoms with E-state index in [0.29, 0.717) is 18.4 Å². The Balaban J connectivity index is 0.00000169. The van der Waals surface area contributed by atoms with Crippen LogP contribution in [0, 0.1) is 11.8 Å². The predicted octanol–water partition coefficient (Wildman–Crippen LogP) is 4.33. The largest absolute Gasteiger partial charge is 0.494 e. The molecule has 134 valence electrons. The molecule has 0 amide bonds. The van der Waals surface area contributed by atoms with Crippen LogP contribution in [0.15, 0.2) is 18.2 Å². The van der Waals surface area contributed by atoms with Crippen molar-refractivity contribution in [2.45, 2.75) is 63.1 Å². The lowest BCUT2D eigenvalue weighted by atomic mass is 9.51. The summed E-state index contributed by atoms with van der Waals surface area (Å²) in [5.74, 6) is 2.30. The van der Waals surface area contributed by atoms with Gasteiger partial charge in [0.05, 0.1) is 12.2 Å². The molecule has 0 heterocycles. The summed E-state index contributed by atoms with van der Waals surface area (Å²) in [5.41, 5.74) is 0.792. The Morgan fingerprint density at radius 1 is 1.25 bits per heavy atom. The molecule has 4 fully saturated rings. The molecule has 0 aromatic heterocycles. The minimum absolute atomic E-state index is 0. The van der Waals surface area contributed by atoms with Crippen LogP contribution in [0.4, 0.5) is 0 Å². The van der Waals surface area contributed by atoms with Gasteiger partial charge in [-0.3, -0.25) is 0 Å². The minimum Gasteiger partial charge on any atom is -0.494 e. The third-order valence-corrected chi connectivity index (χ3v) is 6.24. The van der Waals surface area contributed by atoms with Crippen LogP contribution in [0.3, 0.4) is 0 Å². The van der Waals surface area contributed by atoms with E-state index in [4.69, 9.17) is 16.3 Å². The number of ether oxygens (including phenoxy) is 1. The molecule has 0 spiro atoms. The smallest absolute Gasteiger partial charge is 0.123 e. The minimum atomic E-state index is -0.422. The van der Waals surface area contributed by atoms with Gasteiger partial charge in [0.2, 0.25) is 0 Å². The first-order valence-corrected chi connectivity index (χ1v) is 9.26. The fourth-order valence-corrected chi connectivity index (χ4v) is 5.88. The highest BCUT2D eigenvalue weighted by Gasteiger charge is 2.56. The molecule has 0 radical (unpaired) electrons. The van der Waals surface area contributed by atoms with Gasteiger partial charge in [-0.1, -0.05) is 11.6 Å². The van der Waals surface area contributed by atoms with Crippen molar-refractivity contribution >= 4 is 24.0 Å². The maximum Gasteiger partial charge on any atom is 0.123 e. The van der Waals surface area contributed by atoms with Gasteiger partial charge in [-0.2, -0.15) is 0 Å². The number of halogens is 2. The molecule has 4 aliphatic carbocycles. The molecule has 1 aromatic rings. The molecule has 24 heavy (non-hydrogen) atoms. The van der Waals surface area contributed by atoms with Gasteiger partial charge < -0.3 is 15.2 Å². The van der Waals surface area contributed by atoms with Crippen molar-refractivity contribution < 1.29 is 9.84 Å². The average Bonchev–Trinajstić information content (AvgIpc) is 2.45. The van der Waals surface area contributed by atoms with E-state index in [9.17, 15) is 5.11 Å². The van der Waals surface area contributed by atoms with Crippen LogP contribution in [-0.4, -0.2) is 22.9 Å². The molecule has 4 aliphatic rings. The summed E-state index contributed by atoms with van der Waals surface area (Å²) < 4.78 is 5.74. The van der Waals surface area contributed by atoms with E-state index < -0.39 is 5.60 Å². The zero-order valence-electron chi connectivity index (χ0n) is 14.2. The molecule has 4 bridgehead atoms. The van der Waals surface area contributed by atoms with E-state index in [2.05, 4.69) is 5.32 Å². The molecule has 4 saturated carbocycles. The van der Waals surface area contributed by atoms with Gasteiger partial charge >= 0.3 is 0 Å². The van der Waals surface area contributed by atoms with E-state index in [0.717, 1.165) is 42.1 Å². The number of benzene rings is 1. The van der Waals surface area contributed by atoms with Crippen molar-refractivity contribution in [3.05, 3.63) is 28.8 Å². The molecular formula is C19H27Cl2NO2. The Hall–Kier alpha value is -0.480. The van der Waals surface area contributed by atoms with E-state index in [1.807, 2.05) is 25.1 Å². The summed E-state index contributed by atoms with van der Waals surface area (Å²) in [6.45, 7) is 3.41. The third-order valence-electron chi connectivity index (χ3n) is 6.01. The summed E-state index contributed by atoms with van der Waals surface area (Å²) in [5, 5.41) is 15.4. The summed E-state index contributed by atoms with van der Waals surface area (Å²) in [4.78, 5) is 0. The third kappa shape index (κ3) is 3.41. The molecule has 0 aliphatic heterocycles. The molecule has 3 nitrogen and oxygen atoms in total. The highest BCUT2D eigenvalue weighted by molar-refractivity contribution is 6.30. The number of nitrogens with one attached hydrogen (secondary N) is 1. The van der Waals surface area contributed by atoms with Gasteiger partial charge in [0, 0.05) is 22.7 Å². The van der Waals surface area contributed by atoms with Crippen molar-refractivity contribution in [1.82, 2.24) is 5.32 Å². The van der Waals surface area contributed by atoms with Crippen LogP contribution in [0.2, 0.25) is 5.02 Å². The normalized spacial score (nSPS) is 36.5. The summed E-state index contributed by atoms with van der Waals surface area (Å²) in [7, 11) is 0. The molecule has 5 rings (SSSR count). The SMILES string of the molecule is CCOc1ccc(Cl)cc1CNC12CC3CC(CC(O)(C3)C1)C2.Cl. The molecule has 1 aromatic carbocycles. The van der Waals surface area contributed by atoms with E-state index in [1.54, 1.807) is 0 Å². The maximum atomic E-state index is 10.9. The molecule has 0 saturated heterocycles. The van der Waals surface area contributed by atoms with Crippen LogP contribution in [0.5, 0.6) is 5.75 Å². The second kappa shape index (κ2) is 6.68. The highest BCUT2D eigenvalue weighted by Crippen LogP contribution is 2.57. The first-order valence-electron chi connectivity index (χ1n) is 8.88. The Morgan fingerprint density at radius 2 is 1.96 bits per heavy atom. The maximum absolute atomic E-state index is 10.9. The average molecular weight is 372 g/mol. The van der Waals surface area contributed by atoms with E-state index in [-0.39, 0.29) is 17.9 Å². The lowest BCUT2D eigenvalue weighted by Gasteiger charge is -2.60. The number of hydrogen-bond donors (Lipinski definition) is 2. The van der Waals surface area contributed by atoms with Gasteiger partial charge in [-0.05, 0) is 75.5 Å². The fraction of sp³-hybridized carbons (Fsp3) is 0.684.